The lowest BCUT2D eigenvalue weighted by Crippen LogP contribution is -2.24. The Morgan fingerprint density at radius 1 is 1.29 bits per heavy atom. The molecule has 2 aliphatic rings. The molecule has 4 rings (SSSR count). The Morgan fingerprint density at radius 2 is 2.14 bits per heavy atom. The van der Waals surface area contributed by atoms with E-state index < -0.39 is 0 Å². The highest BCUT2D eigenvalue weighted by molar-refractivity contribution is 6.01. The first-order valence-corrected chi connectivity index (χ1v) is 7.51. The summed E-state index contributed by atoms with van der Waals surface area (Å²) in [6, 6.07) is 7.79. The minimum Gasteiger partial charge on any atom is -0.363 e. The average molecular weight is 283 g/mol. The summed E-state index contributed by atoms with van der Waals surface area (Å²) in [4.78, 5) is 18.8. The number of ketones is 1. The van der Waals surface area contributed by atoms with E-state index in [1.54, 1.807) is 0 Å². The SMILES string of the molecule is O=C1CCCN(Cc2noc(C3CC3)n2)c2ccccc21. The molecule has 1 aliphatic carbocycles. The number of hydrogen-bond acceptors (Lipinski definition) is 5. The molecule has 21 heavy (non-hydrogen) atoms. The second kappa shape index (κ2) is 4.98. The molecule has 0 amide bonds. The van der Waals surface area contributed by atoms with Gasteiger partial charge in [-0.3, -0.25) is 4.79 Å². The van der Waals surface area contributed by atoms with Gasteiger partial charge in [0.1, 0.15) is 0 Å². The fraction of sp³-hybridized carbons (Fsp3) is 0.438. The van der Waals surface area contributed by atoms with Crippen LogP contribution in [0, 0.1) is 0 Å². The quantitative estimate of drug-likeness (QED) is 0.866. The first kappa shape index (κ1) is 12.6. The van der Waals surface area contributed by atoms with Gasteiger partial charge in [0.05, 0.1) is 6.54 Å². The first-order valence-electron chi connectivity index (χ1n) is 7.51. The average Bonchev–Trinajstić information content (AvgIpc) is 3.27. The highest BCUT2D eigenvalue weighted by atomic mass is 16.5. The third kappa shape index (κ3) is 2.44. The van der Waals surface area contributed by atoms with Gasteiger partial charge in [-0.25, -0.2) is 0 Å². The number of carbonyl (C=O) groups is 1. The molecule has 1 saturated carbocycles. The van der Waals surface area contributed by atoms with Gasteiger partial charge in [-0.1, -0.05) is 17.3 Å². The molecule has 0 N–H and O–H groups in total. The molecule has 1 aromatic heterocycles. The summed E-state index contributed by atoms with van der Waals surface area (Å²) in [5, 5.41) is 4.08. The van der Waals surface area contributed by atoms with E-state index in [0.717, 1.165) is 42.9 Å². The smallest absolute Gasteiger partial charge is 0.229 e. The molecule has 0 atom stereocenters. The van der Waals surface area contributed by atoms with Crippen LogP contribution in [0.25, 0.3) is 0 Å². The second-order valence-corrected chi connectivity index (χ2v) is 5.79. The van der Waals surface area contributed by atoms with Crippen LogP contribution in [0.15, 0.2) is 28.8 Å². The number of Topliss-reactive ketones (excluding diaryl/α,β-unsaturated/α-hetero) is 1. The maximum atomic E-state index is 12.1. The number of anilines is 1. The minimum absolute atomic E-state index is 0.222. The van der Waals surface area contributed by atoms with Crippen molar-refractivity contribution in [3.05, 3.63) is 41.5 Å². The lowest BCUT2D eigenvalue weighted by Gasteiger charge is -2.22. The van der Waals surface area contributed by atoms with Crippen molar-refractivity contribution in [2.75, 3.05) is 11.4 Å². The van der Waals surface area contributed by atoms with E-state index in [-0.39, 0.29) is 5.78 Å². The van der Waals surface area contributed by atoms with Gasteiger partial charge in [0.15, 0.2) is 11.6 Å². The lowest BCUT2D eigenvalue weighted by atomic mass is 10.1. The molecule has 5 heteroatoms. The molecule has 2 aromatic rings. The number of fused-ring (bicyclic) bond motifs is 1. The van der Waals surface area contributed by atoms with Crippen molar-refractivity contribution in [2.24, 2.45) is 0 Å². The summed E-state index contributed by atoms with van der Waals surface area (Å²) >= 11 is 0. The van der Waals surface area contributed by atoms with E-state index in [1.807, 2.05) is 24.3 Å². The lowest BCUT2D eigenvalue weighted by molar-refractivity contribution is 0.0984. The molecule has 5 nitrogen and oxygen atoms in total. The standard InChI is InChI=1S/C16H17N3O2/c20-14-6-3-9-19(13-5-2-1-4-12(13)14)10-15-17-16(21-18-15)11-7-8-11/h1-2,4-5,11H,3,6-10H2. The Hall–Kier alpha value is -2.17. The van der Waals surface area contributed by atoms with Gasteiger partial charge >= 0.3 is 0 Å². The monoisotopic (exact) mass is 283 g/mol. The molecule has 1 aliphatic heterocycles. The van der Waals surface area contributed by atoms with Crippen LogP contribution in [0.4, 0.5) is 5.69 Å². The Labute approximate surface area is 123 Å². The third-order valence-corrected chi connectivity index (χ3v) is 4.12. The molecule has 1 aromatic carbocycles. The number of hydrogen-bond donors (Lipinski definition) is 0. The van der Waals surface area contributed by atoms with E-state index >= 15 is 0 Å². The van der Waals surface area contributed by atoms with Crippen LogP contribution in [0.2, 0.25) is 0 Å². The Morgan fingerprint density at radius 3 is 3.00 bits per heavy atom. The number of aromatic nitrogens is 2. The van der Waals surface area contributed by atoms with E-state index in [1.165, 1.54) is 0 Å². The number of carbonyl (C=O) groups excluding carboxylic acids is 1. The summed E-state index contributed by atoms with van der Waals surface area (Å²) in [6.45, 7) is 1.44. The molecule has 0 spiro atoms. The predicted octanol–water partition coefficient (Wildman–Crippen LogP) is 2.93. The molecule has 1 fully saturated rings. The first-order chi connectivity index (χ1) is 10.3. The molecule has 2 heterocycles. The fourth-order valence-electron chi connectivity index (χ4n) is 2.83. The zero-order valence-electron chi connectivity index (χ0n) is 11.8. The van der Waals surface area contributed by atoms with E-state index in [0.29, 0.717) is 24.7 Å². The van der Waals surface area contributed by atoms with Crippen molar-refractivity contribution in [2.45, 2.75) is 38.1 Å². The topological polar surface area (TPSA) is 59.2 Å². The highest BCUT2D eigenvalue weighted by Gasteiger charge is 2.30. The molecule has 0 radical (unpaired) electrons. The molecule has 108 valence electrons. The van der Waals surface area contributed by atoms with Crippen LogP contribution in [0.5, 0.6) is 0 Å². The summed E-state index contributed by atoms with van der Waals surface area (Å²) in [7, 11) is 0. The molecule has 0 unspecified atom stereocenters. The van der Waals surface area contributed by atoms with Gasteiger partial charge in [-0.15, -0.1) is 0 Å². The minimum atomic E-state index is 0.222. The number of nitrogens with zero attached hydrogens (tertiary/aromatic N) is 3. The molecular formula is C16H17N3O2. The van der Waals surface area contributed by atoms with Crippen molar-refractivity contribution in [1.29, 1.82) is 0 Å². The van der Waals surface area contributed by atoms with Crippen molar-refractivity contribution >= 4 is 11.5 Å². The van der Waals surface area contributed by atoms with Crippen molar-refractivity contribution in [1.82, 2.24) is 10.1 Å². The van der Waals surface area contributed by atoms with Crippen molar-refractivity contribution < 1.29 is 9.32 Å². The number of para-hydroxylation sites is 1. The van der Waals surface area contributed by atoms with Gasteiger partial charge in [0.25, 0.3) is 0 Å². The predicted molar refractivity (Wildman–Crippen MR) is 77.3 cm³/mol. The summed E-state index contributed by atoms with van der Waals surface area (Å²) in [6.07, 6.45) is 3.78. The zero-order valence-corrected chi connectivity index (χ0v) is 11.8. The van der Waals surface area contributed by atoms with Crippen LogP contribution >= 0.6 is 0 Å². The van der Waals surface area contributed by atoms with Crippen LogP contribution in [-0.2, 0) is 6.54 Å². The third-order valence-electron chi connectivity index (χ3n) is 4.12. The molecular weight excluding hydrogens is 266 g/mol. The second-order valence-electron chi connectivity index (χ2n) is 5.79. The van der Waals surface area contributed by atoms with Crippen LogP contribution in [0.1, 0.15) is 53.7 Å². The van der Waals surface area contributed by atoms with Gasteiger partial charge in [-0.05, 0) is 31.4 Å². The normalized spacial score (nSPS) is 18.5. The zero-order chi connectivity index (χ0) is 14.2. The molecule has 0 saturated heterocycles. The van der Waals surface area contributed by atoms with E-state index in [2.05, 4.69) is 15.0 Å². The van der Waals surface area contributed by atoms with Gasteiger partial charge < -0.3 is 9.42 Å². The maximum absolute atomic E-state index is 12.1. The van der Waals surface area contributed by atoms with Crippen molar-refractivity contribution in [3.63, 3.8) is 0 Å². The van der Waals surface area contributed by atoms with Crippen molar-refractivity contribution in [3.8, 4) is 0 Å². The molecule has 0 bridgehead atoms. The summed E-state index contributed by atoms with van der Waals surface area (Å²) in [5.74, 6) is 2.18. The number of rotatable bonds is 3. The Kier molecular flexibility index (Phi) is 2.98. The highest BCUT2D eigenvalue weighted by Crippen LogP contribution is 2.39. The fourth-order valence-corrected chi connectivity index (χ4v) is 2.83. The van der Waals surface area contributed by atoms with Gasteiger partial charge in [-0.2, -0.15) is 4.98 Å². The van der Waals surface area contributed by atoms with Crippen LogP contribution < -0.4 is 4.90 Å². The van der Waals surface area contributed by atoms with Crippen LogP contribution in [-0.4, -0.2) is 22.5 Å². The summed E-state index contributed by atoms with van der Waals surface area (Å²) in [5.41, 5.74) is 1.79. The summed E-state index contributed by atoms with van der Waals surface area (Å²) < 4.78 is 5.32. The van der Waals surface area contributed by atoms with E-state index in [4.69, 9.17) is 4.52 Å². The maximum Gasteiger partial charge on any atom is 0.229 e. The Bertz CT molecular complexity index is 676. The van der Waals surface area contributed by atoms with Gasteiger partial charge in [0.2, 0.25) is 5.89 Å². The van der Waals surface area contributed by atoms with Crippen LogP contribution in [0.3, 0.4) is 0 Å². The van der Waals surface area contributed by atoms with E-state index in [9.17, 15) is 4.79 Å². The van der Waals surface area contributed by atoms with Gasteiger partial charge in [0, 0.05) is 30.1 Å². The number of benzene rings is 1. The Balaban J connectivity index is 1.61. The largest absolute Gasteiger partial charge is 0.363 e.